The molecule has 5 nitrogen and oxygen atoms in total. The molecule has 1 N–H and O–H groups in total. The highest BCUT2D eigenvalue weighted by Crippen LogP contribution is 2.30. The molecule has 1 amide bonds. The van der Waals surface area contributed by atoms with E-state index in [1.54, 1.807) is 18.7 Å². The van der Waals surface area contributed by atoms with Crippen LogP contribution in [0.3, 0.4) is 0 Å². The molecule has 28 heavy (non-hydrogen) atoms. The number of aryl methyl sites for hydroxylation is 2. The largest absolute Gasteiger partial charge is 0.451 e. The van der Waals surface area contributed by atoms with Crippen molar-refractivity contribution in [2.45, 2.75) is 23.9 Å². The SMILES string of the molecule is Cc1ccc(CSc2nnc(NC(=O)c3oc4ccc(F)cc4c3C)s2)cc1. The predicted molar refractivity (Wildman–Crippen MR) is 110 cm³/mol. The molecule has 4 rings (SSSR count). The monoisotopic (exact) mass is 413 g/mol. The highest BCUT2D eigenvalue weighted by atomic mass is 32.2. The van der Waals surface area contributed by atoms with Gasteiger partial charge in [-0.25, -0.2) is 4.39 Å². The summed E-state index contributed by atoms with van der Waals surface area (Å²) < 4.78 is 19.8. The van der Waals surface area contributed by atoms with Gasteiger partial charge in [0.1, 0.15) is 11.4 Å². The van der Waals surface area contributed by atoms with Crippen LogP contribution in [-0.4, -0.2) is 16.1 Å². The van der Waals surface area contributed by atoms with Gasteiger partial charge in [-0.2, -0.15) is 0 Å². The molecule has 2 heterocycles. The van der Waals surface area contributed by atoms with Crippen molar-refractivity contribution in [3.05, 3.63) is 70.7 Å². The van der Waals surface area contributed by atoms with E-state index in [0.29, 0.717) is 21.7 Å². The van der Waals surface area contributed by atoms with Crippen LogP contribution in [0.15, 0.2) is 51.2 Å². The van der Waals surface area contributed by atoms with E-state index < -0.39 is 5.91 Å². The summed E-state index contributed by atoms with van der Waals surface area (Å²) in [6, 6.07) is 12.5. The molecule has 142 valence electrons. The van der Waals surface area contributed by atoms with Crippen molar-refractivity contribution in [2.24, 2.45) is 0 Å². The number of hydrogen-bond donors (Lipinski definition) is 1. The lowest BCUT2D eigenvalue weighted by Crippen LogP contribution is -2.11. The standard InChI is InChI=1S/C20H16FN3O2S2/c1-11-3-5-13(6-4-11)10-27-20-24-23-19(28-20)22-18(25)17-12(2)15-9-14(21)7-8-16(15)26-17/h3-9H,10H2,1-2H3,(H,22,23,25). The van der Waals surface area contributed by atoms with Crippen molar-refractivity contribution < 1.29 is 13.6 Å². The van der Waals surface area contributed by atoms with Crippen LogP contribution >= 0.6 is 23.1 Å². The summed E-state index contributed by atoms with van der Waals surface area (Å²) in [5, 5.41) is 11.8. The molecule has 0 atom stereocenters. The van der Waals surface area contributed by atoms with Crippen molar-refractivity contribution >= 4 is 45.1 Å². The quantitative estimate of drug-likeness (QED) is 0.341. The van der Waals surface area contributed by atoms with E-state index in [2.05, 4.69) is 46.7 Å². The first-order valence-electron chi connectivity index (χ1n) is 8.51. The summed E-state index contributed by atoms with van der Waals surface area (Å²) in [5.41, 5.74) is 3.47. The van der Waals surface area contributed by atoms with E-state index in [0.717, 1.165) is 10.1 Å². The maximum absolute atomic E-state index is 13.4. The van der Waals surface area contributed by atoms with Crippen molar-refractivity contribution in [2.75, 3.05) is 5.32 Å². The lowest BCUT2D eigenvalue weighted by atomic mass is 10.1. The third-order valence-corrected chi connectivity index (χ3v) is 6.26. The van der Waals surface area contributed by atoms with Crippen LogP contribution in [-0.2, 0) is 5.75 Å². The molecule has 2 aromatic heterocycles. The van der Waals surface area contributed by atoms with E-state index in [-0.39, 0.29) is 11.6 Å². The Morgan fingerprint density at radius 1 is 1.18 bits per heavy atom. The number of benzene rings is 2. The zero-order valence-electron chi connectivity index (χ0n) is 15.2. The van der Waals surface area contributed by atoms with Crippen LogP contribution in [0.4, 0.5) is 9.52 Å². The molecule has 8 heteroatoms. The molecule has 0 spiro atoms. The fraction of sp³-hybridized carbons (Fsp3) is 0.150. The maximum Gasteiger partial charge on any atom is 0.293 e. The Hall–Kier alpha value is -2.71. The first-order valence-corrected chi connectivity index (χ1v) is 10.3. The summed E-state index contributed by atoms with van der Waals surface area (Å²) >= 11 is 2.86. The number of nitrogens with zero attached hydrogens (tertiary/aromatic N) is 2. The van der Waals surface area contributed by atoms with E-state index in [9.17, 15) is 9.18 Å². The third kappa shape index (κ3) is 3.93. The molecule has 0 fully saturated rings. The minimum atomic E-state index is -0.430. The first-order chi connectivity index (χ1) is 13.5. The number of fused-ring (bicyclic) bond motifs is 1. The number of nitrogens with one attached hydrogen (secondary N) is 1. The number of furan rings is 1. The Bertz CT molecular complexity index is 1150. The Morgan fingerprint density at radius 3 is 2.75 bits per heavy atom. The minimum Gasteiger partial charge on any atom is -0.451 e. The van der Waals surface area contributed by atoms with Crippen molar-refractivity contribution in [3.63, 3.8) is 0 Å². The molecule has 0 saturated heterocycles. The van der Waals surface area contributed by atoms with Crippen LogP contribution in [0, 0.1) is 19.7 Å². The van der Waals surface area contributed by atoms with Gasteiger partial charge < -0.3 is 4.42 Å². The molecule has 0 aliphatic carbocycles. The number of carbonyl (C=O) groups is 1. The van der Waals surface area contributed by atoms with Gasteiger partial charge in [-0.3, -0.25) is 10.1 Å². The summed E-state index contributed by atoms with van der Waals surface area (Å²) in [5.74, 6) is 0.115. The molecule has 0 unspecified atom stereocenters. The number of hydrogen-bond acceptors (Lipinski definition) is 6. The average molecular weight is 413 g/mol. The van der Waals surface area contributed by atoms with Gasteiger partial charge in [-0.1, -0.05) is 52.9 Å². The highest BCUT2D eigenvalue weighted by Gasteiger charge is 2.19. The zero-order chi connectivity index (χ0) is 19.7. The molecule has 0 radical (unpaired) electrons. The van der Waals surface area contributed by atoms with Crippen molar-refractivity contribution in [1.82, 2.24) is 10.2 Å². The minimum absolute atomic E-state index is 0.143. The Kier molecular flexibility index (Phi) is 5.15. The van der Waals surface area contributed by atoms with Crippen molar-refractivity contribution in [1.29, 1.82) is 0 Å². The van der Waals surface area contributed by atoms with Gasteiger partial charge in [0.15, 0.2) is 10.1 Å². The van der Waals surface area contributed by atoms with E-state index in [1.807, 2.05) is 0 Å². The normalized spacial score (nSPS) is 11.1. The fourth-order valence-electron chi connectivity index (χ4n) is 2.71. The molecule has 0 bridgehead atoms. The average Bonchev–Trinajstić information content (AvgIpc) is 3.26. The topological polar surface area (TPSA) is 68.0 Å². The maximum atomic E-state index is 13.4. The molecule has 0 aliphatic heterocycles. The Labute approximate surface area is 169 Å². The van der Waals surface area contributed by atoms with Crippen LogP contribution in [0.1, 0.15) is 27.2 Å². The zero-order valence-corrected chi connectivity index (χ0v) is 16.8. The molecular weight excluding hydrogens is 397 g/mol. The van der Waals surface area contributed by atoms with Gasteiger partial charge >= 0.3 is 0 Å². The van der Waals surface area contributed by atoms with Gasteiger partial charge in [0, 0.05) is 16.7 Å². The lowest BCUT2D eigenvalue weighted by Gasteiger charge is -1.99. The number of halogens is 1. The number of carbonyl (C=O) groups excluding carboxylic acids is 1. The molecular formula is C20H16FN3O2S2. The van der Waals surface area contributed by atoms with Gasteiger partial charge in [0.25, 0.3) is 5.91 Å². The number of amides is 1. The van der Waals surface area contributed by atoms with Crippen molar-refractivity contribution in [3.8, 4) is 0 Å². The van der Waals surface area contributed by atoms with E-state index in [1.165, 1.54) is 40.7 Å². The number of rotatable bonds is 5. The number of anilines is 1. The van der Waals surface area contributed by atoms with Gasteiger partial charge in [0.2, 0.25) is 5.13 Å². The van der Waals surface area contributed by atoms with Gasteiger partial charge in [-0.05, 0) is 37.6 Å². The van der Waals surface area contributed by atoms with Crippen LogP contribution < -0.4 is 5.32 Å². The fourth-order valence-corrected chi connectivity index (χ4v) is 4.41. The summed E-state index contributed by atoms with van der Waals surface area (Å²) in [6.07, 6.45) is 0. The second-order valence-electron chi connectivity index (χ2n) is 6.30. The summed E-state index contributed by atoms with van der Waals surface area (Å²) in [6.45, 7) is 3.78. The number of thioether (sulfide) groups is 1. The first kappa shape index (κ1) is 18.6. The lowest BCUT2D eigenvalue weighted by molar-refractivity contribution is 0.0998. The Balaban J connectivity index is 1.44. The summed E-state index contributed by atoms with van der Waals surface area (Å²) in [4.78, 5) is 12.5. The van der Waals surface area contributed by atoms with Crippen LogP contribution in [0.5, 0.6) is 0 Å². The Morgan fingerprint density at radius 2 is 1.96 bits per heavy atom. The van der Waals surface area contributed by atoms with Gasteiger partial charge in [-0.15, -0.1) is 10.2 Å². The summed E-state index contributed by atoms with van der Waals surface area (Å²) in [7, 11) is 0. The second-order valence-corrected chi connectivity index (χ2v) is 8.50. The van der Waals surface area contributed by atoms with Crippen LogP contribution in [0.25, 0.3) is 11.0 Å². The molecule has 0 saturated carbocycles. The molecule has 0 aliphatic rings. The smallest absolute Gasteiger partial charge is 0.293 e. The van der Waals surface area contributed by atoms with Gasteiger partial charge in [0.05, 0.1) is 0 Å². The van der Waals surface area contributed by atoms with Crippen LogP contribution in [0.2, 0.25) is 0 Å². The van der Waals surface area contributed by atoms with E-state index >= 15 is 0 Å². The molecule has 2 aromatic carbocycles. The number of aromatic nitrogens is 2. The van der Waals surface area contributed by atoms with E-state index in [4.69, 9.17) is 4.42 Å². The molecule has 4 aromatic rings. The second kappa shape index (κ2) is 7.73. The third-order valence-electron chi connectivity index (χ3n) is 4.21. The predicted octanol–water partition coefficient (Wildman–Crippen LogP) is 5.58. The highest BCUT2D eigenvalue weighted by molar-refractivity contribution is 8.00.